The molecule has 0 saturated carbocycles. The third kappa shape index (κ3) is 2.96. The van der Waals surface area contributed by atoms with Crippen LogP contribution in [-0.2, 0) is 24.7 Å². The minimum absolute atomic E-state index is 0.108. The fourth-order valence-corrected chi connectivity index (χ4v) is 5.60. The van der Waals surface area contributed by atoms with E-state index in [4.69, 9.17) is 10.5 Å². The number of nitrogens with zero attached hydrogens (tertiary/aromatic N) is 2. The molecular formula is C23H21N5O7. The summed E-state index contributed by atoms with van der Waals surface area (Å²) < 4.78 is 5.13. The number of nitrogens with one attached hydrogen (secondary N) is 2. The number of anilines is 2. The van der Waals surface area contributed by atoms with Crippen LogP contribution in [0.4, 0.5) is 17.1 Å². The summed E-state index contributed by atoms with van der Waals surface area (Å²) in [4.78, 5) is 64.5. The van der Waals surface area contributed by atoms with Gasteiger partial charge in [-0.15, -0.1) is 0 Å². The summed E-state index contributed by atoms with van der Waals surface area (Å²) in [5.41, 5.74) is 4.93. The van der Waals surface area contributed by atoms with Crippen LogP contribution in [0.1, 0.15) is 17.5 Å². The number of carbonyl (C=O) groups is 4. The van der Waals surface area contributed by atoms with Crippen molar-refractivity contribution in [3.05, 3.63) is 57.6 Å². The fraction of sp³-hybridized carbons (Fsp3) is 0.304. The van der Waals surface area contributed by atoms with Crippen LogP contribution in [0, 0.1) is 28.9 Å². The number of amides is 4. The minimum Gasteiger partial charge on any atom is -0.490 e. The summed E-state index contributed by atoms with van der Waals surface area (Å²) >= 11 is 0. The molecule has 5 rings (SSSR count). The Labute approximate surface area is 198 Å². The molecule has 4 amide bonds. The summed E-state index contributed by atoms with van der Waals surface area (Å²) in [5, 5.41) is 17.3. The standard InChI is InChI=1S/C23H21N5O7/c1-10-7-15(28(33)34)16(35-2)9-14(10)27-20(30)18-13(8-17(24)29)26-23(19(18)21(27)31)11-5-3-4-6-12(11)25-22(23)32/h3-7,9,13,18-19,26H,8H2,1-2H3,(H2,24,29)(H,25,32)/t13-,18+,19-,23+/m0/s1. The molecule has 0 aromatic heterocycles. The first-order valence-electron chi connectivity index (χ1n) is 10.8. The van der Waals surface area contributed by atoms with E-state index in [1.54, 1.807) is 24.3 Å². The average Bonchev–Trinajstić information content (AvgIpc) is 3.38. The highest BCUT2D eigenvalue weighted by atomic mass is 16.6. The largest absolute Gasteiger partial charge is 0.490 e. The molecule has 12 heteroatoms. The minimum atomic E-state index is -1.58. The first-order chi connectivity index (χ1) is 16.6. The van der Waals surface area contributed by atoms with Crippen molar-refractivity contribution >= 4 is 40.7 Å². The molecule has 3 heterocycles. The van der Waals surface area contributed by atoms with Gasteiger partial charge in [0.2, 0.25) is 23.6 Å². The molecule has 180 valence electrons. The lowest BCUT2D eigenvalue weighted by Crippen LogP contribution is -2.53. The lowest BCUT2D eigenvalue weighted by molar-refractivity contribution is -0.385. The average molecular weight is 479 g/mol. The van der Waals surface area contributed by atoms with Crippen molar-refractivity contribution in [2.24, 2.45) is 17.6 Å². The van der Waals surface area contributed by atoms with Crippen LogP contribution in [-0.4, -0.2) is 41.7 Å². The molecule has 0 unspecified atom stereocenters. The van der Waals surface area contributed by atoms with Crippen LogP contribution < -0.4 is 26.0 Å². The molecule has 12 nitrogen and oxygen atoms in total. The van der Waals surface area contributed by atoms with Gasteiger partial charge in [0.05, 0.1) is 29.6 Å². The monoisotopic (exact) mass is 479 g/mol. The van der Waals surface area contributed by atoms with Gasteiger partial charge < -0.3 is 15.8 Å². The molecular weight excluding hydrogens is 458 g/mol. The summed E-state index contributed by atoms with van der Waals surface area (Å²) in [6.45, 7) is 1.53. The SMILES string of the molecule is COc1cc(N2C(=O)[C@@H]3[C@H](CC(N)=O)N[C@@]4(C(=O)Nc5ccccc54)[C@@H]3C2=O)c(C)cc1[N+](=O)[O-]. The number of para-hydroxylation sites is 1. The molecule has 3 aliphatic rings. The molecule has 4 N–H and O–H groups in total. The van der Waals surface area contributed by atoms with Gasteiger partial charge >= 0.3 is 5.69 Å². The third-order valence-corrected chi connectivity index (χ3v) is 6.98. The highest BCUT2D eigenvalue weighted by molar-refractivity contribution is 6.26. The van der Waals surface area contributed by atoms with E-state index in [1.165, 1.54) is 26.2 Å². The Balaban J connectivity index is 1.68. The maximum atomic E-state index is 13.9. The highest BCUT2D eigenvalue weighted by Crippen LogP contribution is 2.54. The number of nitro benzene ring substituents is 1. The maximum Gasteiger partial charge on any atom is 0.311 e. The van der Waals surface area contributed by atoms with Gasteiger partial charge in [-0.1, -0.05) is 18.2 Å². The lowest BCUT2D eigenvalue weighted by Gasteiger charge is -2.29. The zero-order valence-corrected chi connectivity index (χ0v) is 18.7. The van der Waals surface area contributed by atoms with Gasteiger partial charge in [-0.25, -0.2) is 4.90 Å². The molecule has 2 aromatic rings. The van der Waals surface area contributed by atoms with Crippen molar-refractivity contribution in [1.82, 2.24) is 5.32 Å². The van der Waals surface area contributed by atoms with Gasteiger partial charge in [0.1, 0.15) is 5.54 Å². The van der Waals surface area contributed by atoms with Crippen LogP contribution >= 0.6 is 0 Å². The van der Waals surface area contributed by atoms with Crippen LogP contribution in [0.3, 0.4) is 0 Å². The number of imide groups is 1. The molecule has 3 aliphatic heterocycles. The quantitative estimate of drug-likeness (QED) is 0.319. The molecule has 1 spiro atoms. The van der Waals surface area contributed by atoms with Crippen LogP contribution in [0.25, 0.3) is 0 Å². The number of aryl methyl sites for hydroxylation is 1. The number of rotatable bonds is 5. The van der Waals surface area contributed by atoms with Crippen molar-refractivity contribution < 1.29 is 28.8 Å². The van der Waals surface area contributed by atoms with Crippen LogP contribution in [0.15, 0.2) is 36.4 Å². The molecule has 0 radical (unpaired) electrons. The second-order valence-corrected chi connectivity index (χ2v) is 8.81. The number of hydrogen-bond donors (Lipinski definition) is 3. The normalized spacial score (nSPS) is 26.6. The number of ether oxygens (including phenoxy) is 1. The van der Waals surface area contributed by atoms with E-state index in [1.807, 2.05) is 0 Å². The Kier molecular flexibility index (Phi) is 4.88. The molecule has 35 heavy (non-hydrogen) atoms. The Hall–Kier alpha value is -4.32. The maximum absolute atomic E-state index is 13.9. The first-order valence-corrected chi connectivity index (χ1v) is 10.8. The summed E-state index contributed by atoms with van der Waals surface area (Å²) in [6, 6.07) is 8.41. The van der Waals surface area contributed by atoms with Gasteiger partial charge in [0.25, 0.3) is 0 Å². The number of primary amides is 1. The zero-order valence-electron chi connectivity index (χ0n) is 18.7. The van der Waals surface area contributed by atoms with Gasteiger partial charge in [-0.3, -0.25) is 34.6 Å². The van der Waals surface area contributed by atoms with Gasteiger partial charge in [0, 0.05) is 35.8 Å². The van der Waals surface area contributed by atoms with Crippen molar-refractivity contribution in [3.8, 4) is 5.75 Å². The first kappa shape index (κ1) is 22.5. The van der Waals surface area contributed by atoms with Gasteiger partial charge in [0.15, 0.2) is 5.75 Å². The smallest absolute Gasteiger partial charge is 0.311 e. The number of nitro groups is 1. The third-order valence-electron chi connectivity index (χ3n) is 6.98. The van der Waals surface area contributed by atoms with E-state index < -0.39 is 52.0 Å². The van der Waals surface area contributed by atoms with E-state index in [9.17, 15) is 29.3 Å². The predicted octanol–water partition coefficient (Wildman–Crippen LogP) is 0.712. The van der Waals surface area contributed by atoms with E-state index in [-0.39, 0.29) is 23.5 Å². The van der Waals surface area contributed by atoms with E-state index in [0.717, 1.165) is 4.90 Å². The number of carbonyl (C=O) groups excluding carboxylic acids is 4. The zero-order chi connectivity index (χ0) is 25.2. The van der Waals surface area contributed by atoms with E-state index >= 15 is 0 Å². The van der Waals surface area contributed by atoms with Gasteiger partial charge in [-0.05, 0) is 18.6 Å². The summed E-state index contributed by atoms with van der Waals surface area (Å²) in [5.74, 6) is -4.86. The number of methoxy groups -OCH3 is 1. The predicted molar refractivity (Wildman–Crippen MR) is 121 cm³/mol. The van der Waals surface area contributed by atoms with Crippen molar-refractivity contribution in [1.29, 1.82) is 0 Å². The summed E-state index contributed by atoms with van der Waals surface area (Å²) in [6.07, 6.45) is -0.270. The highest BCUT2D eigenvalue weighted by Gasteiger charge is 2.70. The molecule has 2 saturated heterocycles. The fourth-order valence-electron chi connectivity index (χ4n) is 5.60. The van der Waals surface area contributed by atoms with Crippen LogP contribution in [0.5, 0.6) is 5.75 Å². The van der Waals surface area contributed by atoms with Crippen molar-refractivity contribution in [2.75, 3.05) is 17.3 Å². The molecule has 4 atom stereocenters. The number of fused-ring (bicyclic) bond motifs is 4. The van der Waals surface area contributed by atoms with Crippen molar-refractivity contribution in [2.45, 2.75) is 24.9 Å². The number of hydrogen-bond acceptors (Lipinski definition) is 8. The molecule has 0 bridgehead atoms. The molecule has 2 fully saturated rings. The van der Waals surface area contributed by atoms with E-state index in [0.29, 0.717) is 16.8 Å². The number of benzene rings is 2. The number of nitrogens with two attached hydrogens (primary N) is 1. The Morgan fingerprint density at radius 1 is 1.23 bits per heavy atom. The Bertz CT molecular complexity index is 1340. The second kappa shape index (κ2) is 7.60. The molecule has 2 aromatic carbocycles. The molecule has 0 aliphatic carbocycles. The Morgan fingerprint density at radius 3 is 2.60 bits per heavy atom. The topological polar surface area (TPSA) is 174 Å². The second-order valence-electron chi connectivity index (χ2n) is 8.81. The summed E-state index contributed by atoms with van der Waals surface area (Å²) in [7, 11) is 1.24. The van der Waals surface area contributed by atoms with Crippen LogP contribution in [0.2, 0.25) is 0 Å². The van der Waals surface area contributed by atoms with Gasteiger partial charge in [-0.2, -0.15) is 0 Å². The van der Waals surface area contributed by atoms with E-state index in [2.05, 4.69) is 10.6 Å². The Morgan fingerprint density at radius 2 is 1.94 bits per heavy atom. The lowest BCUT2D eigenvalue weighted by atomic mass is 9.76. The van der Waals surface area contributed by atoms with Crippen molar-refractivity contribution in [3.63, 3.8) is 0 Å².